The molecule has 0 amide bonds. The van der Waals surface area contributed by atoms with E-state index in [1.165, 1.54) is 18.5 Å². The zero-order chi connectivity index (χ0) is 19.8. The number of halogens is 1. The van der Waals surface area contributed by atoms with Crippen LogP contribution >= 0.6 is 0 Å². The van der Waals surface area contributed by atoms with Crippen LogP contribution in [0.4, 0.5) is 10.2 Å². The van der Waals surface area contributed by atoms with E-state index in [4.69, 9.17) is 4.74 Å². The Morgan fingerprint density at radius 2 is 2.00 bits per heavy atom. The Kier molecular flexibility index (Phi) is 4.71. The Morgan fingerprint density at radius 1 is 1.14 bits per heavy atom. The molecule has 2 aliphatic rings. The molecule has 29 heavy (non-hydrogen) atoms. The summed E-state index contributed by atoms with van der Waals surface area (Å²) in [6.07, 6.45) is 5.77. The summed E-state index contributed by atoms with van der Waals surface area (Å²) in [5.74, 6) is 0.416. The van der Waals surface area contributed by atoms with E-state index >= 15 is 0 Å². The van der Waals surface area contributed by atoms with Gasteiger partial charge in [0.15, 0.2) is 0 Å². The van der Waals surface area contributed by atoms with Crippen LogP contribution in [0.5, 0.6) is 0 Å². The summed E-state index contributed by atoms with van der Waals surface area (Å²) in [6, 6.07) is 6.59. The zero-order valence-corrected chi connectivity index (χ0v) is 16.0. The predicted molar refractivity (Wildman–Crippen MR) is 106 cm³/mol. The monoisotopic (exact) mass is 395 g/mol. The highest BCUT2D eigenvalue weighted by molar-refractivity contribution is 5.88. The lowest BCUT2D eigenvalue weighted by atomic mass is 9.91. The van der Waals surface area contributed by atoms with E-state index in [1.54, 1.807) is 16.8 Å². The fraction of sp³-hybridized carbons (Fsp3) is 0.429. The molecule has 1 N–H and O–H groups in total. The summed E-state index contributed by atoms with van der Waals surface area (Å²) in [7, 11) is 0. The standard InChI is InChI=1S/C21H22FN5O2/c22-14-1-6-17-19(10-14)23-12-24-21(17)25-15-2-4-16(5-3-15)27-20(28)9-13-11-29-8-7-18(13)26-27/h1,6,9-10,12,15-16H,2-5,7-8,11H2,(H,23,24,25). The van der Waals surface area contributed by atoms with E-state index in [0.717, 1.165) is 54.6 Å². The number of ether oxygens (including phenoxy) is 1. The Morgan fingerprint density at radius 3 is 2.86 bits per heavy atom. The molecule has 3 heterocycles. The van der Waals surface area contributed by atoms with E-state index in [1.807, 2.05) is 0 Å². The predicted octanol–water partition coefficient (Wildman–Crippen LogP) is 2.99. The smallest absolute Gasteiger partial charge is 0.267 e. The highest BCUT2D eigenvalue weighted by atomic mass is 19.1. The Labute approximate surface area is 166 Å². The summed E-state index contributed by atoms with van der Waals surface area (Å²) >= 11 is 0. The number of nitrogens with one attached hydrogen (secondary N) is 1. The van der Waals surface area contributed by atoms with Gasteiger partial charge in [0.2, 0.25) is 0 Å². The van der Waals surface area contributed by atoms with Gasteiger partial charge < -0.3 is 10.1 Å². The van der Waals surface area contributed by atoms with Crippen LogP contribution in [0.15, 0.2) is 35.4 Å². The first kappa shape index (κ1) is 18.2. The molecule has 1 fully saturated rings. The molecule has 1 saturated carbocycles. The molecule has 0 bridgehead atoms. The summed E-state index contributed by atoms with van der Waals surface area (Å²) in [4.78, 5) is 21.0. The van der Waals surface area contributed by atoms with Crippen molar-refractivity contribution in [1.29, 1.82) is 0 Å². The lowest BCUT2D eigenvalue weighted by Crippen LogP contribution is -2.35. The molecule has 7 nitrogen and oxygen atoms in total. The fourth-order valence-corrected chi connectivity index (χ4v) is 4.29. The lowest BCUT2D eigenvalue weighted by molar-refractivity contribution is 0.107. The molecule has 3 aromatic rings. The van der Waals surface area contributed by atoms with Crippen LogP contribution in [-0.2, 0) is 17.8 Å². The molecule has 0 saturated heterocycles. The molecule has 1 aliphatic carbocycles. The molecule has 1 aliphatic heterocycles. The molecule has 8 heteroatoms. The third-order valence-electron chi connectivity index (χ3n) is 5.85. The minimum atomic E-state index is -0.308. The molecule has 1 aromatic carbocycles. The molecule has 0 radical (unpaired) electrons. The van der Waals surface area contributed by atoms with E-state index < -0.39 is 0 Å². The molecular weight excluding hydrogens is 373 g/mol. The van der Waals surface area contributed by atoms with Gasteiger partial charge >= 0.3 is 0 Å². The van der Waals surface area contributed by atoms with Crippen LogP contribution in [0, 0.1) is 5.82 Å². The maximum Gasteiger partial charge on any atom is 0.267 e. The van der Waals surface area contributed by atoms with Crippen LogP contribution in [0.25, 0.3) is 10.9 Å². The molecular formula is C21H22FN5O2. The number of rotatable bonds is 3. The third-order valence-corrected chi connectivity index (χ3v) is 5.85. The van der Waals surface area contributed by atoms with Gasteiger partial charge in [-0.15, -0.1) is 0 Å². The maximum absolute atomic E-state index is 13.4. The van der Waals surface area contributed by atoms with Crippen molar-refractivity contribution in [2.24, 2.45) is 0 Å². The SMILES string of the molecule is O=c1cc2c(nn1C1CCC(Nc3ncnc4cc(F)ccc34)CC1)CCOC2. The van der Waals surface area contributed by atoms with Crippen LogP contribution in [0.2, 0.25) is 0 Å². The number of fused-ring (bicyclic) bond motifs is 2. The molecule has 0 spiro atoms. The van der Waals surface area contributed by atoms with Crippen LogP contribution in [0.3, 0.4) is 0 Å². The molecule has 2 aromatic heterocycles. The van der Waals surface area contributed by atoms with Crippen molar-refractivity contribution in [3.63, 3.8) is 0 Å². The van der Waals surface area contributed by atoms with Gasteiger partial charge in [-0.3, -0.25) is 4.79 Å². The van der Waals surface area contributed by atoms with Gasteiger partial charge in [-0.1, -0.05) is 0 Å². The van der Waals surface area contributed by atoms with Gasteiger partial charge in [0.05, 0.1) is 30.5 Å². The number of nitrogens with zero attached hydrogens (tertiary/aromatic N) is 4. The Balaban J connectivity index is 1.30. The summed E-state index contributed by atoms with van der Waals surface area (Å²) < 4.78 is 20.5. The second-order valence-electron chi connectivity index (χ2n) is 7.74. The average molecular weight is 395 g/mol. The van der Waals surface area contributed by atoms with Gasteiger partial charge in [-0.05, 0) is 37.8 Å². The first-order chi connectivity index (χ1) is 14.2. The summed E-state index contributed by atoms with van der Waals surface area (Å²) in [5, 5.41) is 8.94. The quantitative estimate of drug-likeness (QED) is 0.734. The average Bonchev–Trinajstić information content (AvgIpc) is 2.74. The van der Waals surface area contributed by atoms with Crippen molar-refractivity contribution in [3.8, 4) is 0 Å². The van der Waals surface area contributed by atoms with Crippen LogP contribution < -0.4 is 10.9 Å². The van der Waals surface area contributed by atoms with E-state index in [2.05, 4.69) is 20.4 Å². The minimum absolute atomic E-state index is 0.0468. The van der Waals surface area contributed by atoms with Gasteiger partial charge in [0.1, 0.15) is 18.0 Å². The normalized spacial score (nSPS) is 21.7. The fourth-order valence-electron chi connectivity index (χ4n) is 4.29. The topological polar surface area (TPSA) is 81.9 Å². The van der Waals surface area contributed by atoms with E-state index in [-0.39, 0.29) is 23.5 Å². The molecule has 0 atom stereocenters. The Hall–Kier alpha value is -2.87. The highest BCUT2D eigenvalue weighted by Crippen LogP contribution is 2.30. The van der Waals surface area contributed by atoms with Gasteiger partial charge in [0.25, 0.3) is 5.56 Å². The highest BCUT2D eigenvalue weighted by Gasteiger charge is 2.25. The van der Waals surface area contributed by atoms with Gasteiger partial charge in [-0.25, -0.2) is 19.0 Å². The number of aromatic nitrogens is 4. The number of hydrogen-bond donors (Lipinski definition) is 1. The first-order valence-corrected chi connectivity index (χ1v) is 10.0. The van der Waals surface area contributed by atoms with Gasteiger partial charge in [-0.2, -0.15) is 5.10 Å². The van der Waals surface area contributed by atoms with Crippen molar-refractivity contribution >= 4 is 16.7 Å². The maximum atomic E-state index is 13.4. The number of anilines is 1. The number of hydrogen-bond acceptors (Lipinski definition) is 6. The third kappa shape index (κ3) is 3.60. The molecule has 5 rings (SSSR count). The minimum Gasteiger partial charge on any atom is -0.376 e. The second kappa shape index (κ2) is 7.51. The zero-order valence-electron chi connectivity index (χ0n) is 16.0. The van der Waals surface area contributed by atoms with E-state index in [0.29, 0.717) is 18.7 Å². The second-order valence-corrected chi connectivity index (χ2v) is 7.74. The summed E-state index contributed by atoms with van der Waals surface area (Å²) in [6.45, 7) is 1.14. The van der Waals surface area contributed by atoms with E-state index in [9.17, 15) is 9.18 Å². The molecule has 0 unspecified atom stereocenters. The van der Waals surface area contributed by atoms with Crippen molar-refractivity contribution in [2.45, 2.75) is 50.8 Å². The van der Waals surface area contributed by atoms with Crippen LogP contribution in [-0.4, -0.2) is 32.4 Å². The largest absolute Gasteiger partial charge is 0.376 e. The van der Waals surface area contributed by atoms with Crippen molar-refractivity contribution in [1.82, 2.24) is 19.7 Å². The van der Waals surface area contributed by atoms with Crippen LogP contribution in [0.1, 0.15) is 43.0 Å². The van der Waals surface area contributed by atoms with Crippen molar-refractivity contribution in [2.75, 3.05) is 11.9 Å². The number of benzene rings is 1. The summed E-state index contributed by atoms with van der Waals surface area (Å²) in [5.41, 5.74) is 2.44. The van der Waals surface area contributed by atoms with Crippen molar-refractivity contribution in [3.05, 3.63) is 58.0 Å². The molecule has 150 valence electrons. The van der Waals surface area contributed by atoms with Gasteiger partial charge in [0, 0.05) is 35.5 Å². The first-order valence-electron chi connectivity index (χ1n) is 10.0. The Bertz CT molecular complexity index is 1110. The lowest BCUT2D eigenvalue weighted by Gasteiger charge is -2.30. The van der Waals surface area contributed by atoms with Crippen molar-refractivity contribution < 1.29 is 9.13 Å².